The minimum absolute atomic E-state index is 0.364. The second-order valence-corrected chi connectivity index (χ2v) is 6.49. The van der Waals surface area contributed by atoms with Crippen molar-refractivity contribution in [2.24, 2.45) is 23.7 Å². The molecule has 0 radical (unpaired) electrons. The molecule has 88 valence electrons. The first-order valence-corrected chi connectivity index (χ1v) is 6.97. The van der Waals surface area contributed by atoms with Crippen LogP contribution in [0, 0.1) is 35.0 Å². The van der Waals surface area contributed by atoms with Gasteiger partial charge < -0.3 is 5.32 Å². The molecule has 0 amide bonds. The highest BCUT2D eigenvalue weighted by molar-refractivity contribution is 6.22. The van der Waals surface area contributed by atoms with Crippen LogP contribution in [0.2, 0.25) is 0 Å². The van der Waals surface area contributed by atoms with E-state index < -0.39 is 0 Å². The number of halogens is 1. The molecule has 4 rings (SSSR count). The summed E-state index contributed by atoms with van der Waals surface area (Å²) in [5, 5.41) is 11.9. The first kappa shape index (κ1) is 10.9. The molecule has 0 heterocycles. The molecule has 0 spiro atoms. The Labute approximate surface area is 102 Å². The lowest BCUT2D eigenvalue weighted by Crippen LogP contribution is -2.55. The van der Waals surface area contributed by atoms with Crippen molar-refractivity contribution in [3.05, 3.63) is 0 Å². The van der Waals surface area contributed by atoms with Crippen LogP contribution in [0.15, 0.2) is 0 Å². The first-order chi connectivity index (χ1) is 7.76. The lowest BCUT2D eigenvalue weighted by atomic mass is 9.54. The fourth-order valence-corrected chi connectivity index (χ4v) is 4.63. The van der Waals surface area contributed by atoms with Crippen molar-refractivity contribution in [1.82, 2.24) is 5.32 Å². The van der Waals surface area contributed by atoms with E-state index in [1.165, 1.54) is 32.1 Å². The largest absolute Gasteiger partial charge is 0.311 e. The van der Waals surface area contributed by atoms with Crippen molar-refractivity contribution >= 4 is 11.6 Å². The van der Waals surface area contributed by atoms with Crippen molar-refractivity contribution in [1.29, 1.82) is 5.26 Å². The number of hydrogen-bond donors (Lipinski definition) is 1. The maximum atomic E-state index is 8.69. The number of alkyl halides is 1. The molecule has 0 aromatic heterocycles. The Balaban J connectivity index is 1.62. The minimum atomic E-state index is -0.364. The van der Waals surface area contributed by atoms with Gasteiger partial charge in [0.25, 0.3) is 0 Å². The highest BCUT2D eigenvalue weighted by Gasteiger charge is 2.47. The third-order valence-corrected chi connectivity index (χ3v) is 5.15. The summed E-state index contributed by atoms with van der Waals surface area (Å²) in [6, 6.07) is 2.75. The summed E-state index contributed by atoms with van der Waals surface area (Å²) < 4.78 is 0. The van der Waals surface area contributed by atoms with Crippen LogP contribution in [-0.2, 0) is 0 Å². The highest BCUT2D eigenvalue weighted by Crippen LogP contribution is 2.53. The lowest BCUT2D eigenvalue weighted by molar-refractivity contribution is -0.0131. The van der Waals surface area contributed by atoms with Gasteiger partial charge in [0.2, 0.25) is 0 Å². The Hall–Kier alpha value is -0.260. The number of nitrogens with one attached hydrogen (secondary N) is 1. The van der Waals surface area contributed by atoms with Crippen molar-refractivity contribution < 1.29 is 0 Å². The molecule has 1 unspecified atom stereocenters. The monoisotopic (exact) mass is 238 g/mol. The van der Waals surface area contributed by atoms with E-state index in [2.05, 4.69) is 11.4 Å². The number of hydrogen-bond acceptors (Lipinski definition) is 2. The molecule has 4 aliphatic carbocycles. The van der Waals surface area contributed by atoms with Crippen LogP contribution < -0.4 is 5.32 Å². The molecular formula is C13H19ClN2. The highest BCUT2D eigenvalue weighted by atomic mass is 35.5. The molecule has 0 aliphatic heterocycles. The SMILES string of the molecule is N#CC(Cl)CNC1C2CC3CC(C2)CC1C3. The van der Waals surface area contributed by atoms with Crippen LogP contribution in [0.4, 0.5) is 0 Å². The van der Waals surface area contributed by atoms with Gasteiger partial charge >= 0.3 is 0 Å². The van der Waals surface area contributed by atoms with Crippen LogP contribution in [0.25, 0.3) is 0 Å². The summed E-state index contributed by atoms with van der Waals surface area (Å²) in [4.78, 5) is 0. The van der Waals surface area contributed by atoms with Crippen LogP contribution >= 0.6 is 11.6 Å². The Morgan fingerprint density at radius 3 is 2.19 bits per heavy atom. The molecule has 16 heavy (non-hydrogen) atoms. The molecule has 4 aliphatic rings. The van der Waals surface area contributed by atoms with E-state index in [1.807, 2.05) is 0 Å². The Bertz CT molecular complexity index is 282. The number of nitrogens with zero attached hydrogens (tertiary/aromatic N) is 1. The Kier molecular flexibility index (Phi) is 2.85. The fourth-order valence-electron chi connectivity index (χ4n) is 4.54. The Morgan fingerprint density at radius 2 is 1.69 bits per heavy atom. The topological polar surface area (TPSA) is 35.8 Å². The molecule has 4 saturated carbocycles. The summed E-state index contributed by atoms with van der Waals surface area (Å²) in [6.45, 7) is 0.658. The molecule has 0 aromatic carbocycles. The van der Waals surface area contributed by atoms with Gasteiger partial charge in [0.1, 0.15) is 5.38 Å². The zero-order valence-corrected chi connectivity index (χ0v) is 10.3. The van der Waals surface area contributed by atoms with Gasteiger partial charge in [0.15, 0.2) is 0 Å². The Morgan fingerprint density at radius 1 is 1.12 bits per heavy atom. The molecule has 1 N–H and O–H groups in total. The average molecular weight is 239 g/mol. The number of rotatable bonds is 3. The predicted molar refractivity (Wildman–Crippen MR) is 64.1 cm³/mol. The van der Waals surface area contributed by atoms with Crippen LogP contribution in [-0.4, -0.2) is 18.0 Å². The van der Waals surface area contributed by atoms with Gasteiger partial charge in [-0.1, -0.05) is 0 Å². The minimum Gasteiger partial charge on any atom is -0.311 e. The van der Waals surface area contributed by atoms with E-state index >= 15 is 0 Å². The van der Waals surface area contributed by atoms with Crippen LogP contribution in [0.1, 0.15) is 32.1 Å². The summed E-state index contributed by atoms with van der Waals surface area (Å²) in [5.74, 6) is 3.78. The first-order valence-electron chi connectivity index (χ1n) is 6.53. The van der Waals surface area contributed by atoms with Gasteiger partial charge in [-0.25, -0.2) is 0 Å². The quantitative estimate of drug-likeness (QED) is 0.767. The maximum absolute atomic E-state index is 8.69. The second-order valence-electron chi connectivity index (χ2n) is 5.96. The molecule has 2 nitrogen and oxygen atoms in total. The van der Waals surface area contributed by atoms with Gasteiger partial charge in [0, 0.05) is 12.6 Å². The van der Waals surface area contributed by atoms with Crippen molar-refractivity contribution in [2.45, 2.75) is 43.5 Å². The fraction of sp³-hybridized carbons (Fsp3) is 0.923. The van der Waals surface area contributed by atoms with Gasteiger partial charge in [-0.05, 0) is 55.8 Å². The van der Waals surface area contributed by atoms with E-state index in [-0.39, 0.29) is 5.38 Å². The molecular weight excluding hydrogens is 220 g/mol. The third kappa shape index (κ3) is 1.85. The van der Waals surface area contributed by atoms with Crippen LogP contribution in [0.5, 0.6) is 0 Å². The van der Waals surface area contributed by atoms with Gasteiger partial charge in [0.05, 0.1) is 6.07 Å². The third-order valence-electron chi connectivity index (χ3n) is 4.90. The lowest BCUT2D eigenvalue weighted by Gasteiger charge is -2.54. The van der Waals surface area contributed by atoms with Gasteiger partial charge in [-0.3, -0.25) is 0 Å². The standard InChI is InChI=1S/C13H19ClN2/c14-12(6-15)7-16-13-10-2-8-1-9(4-10)5-11(13)3-8/h8-13,16H,1-5,7H2. The van der Waals surface area contributed by atoms with Gasteiger partial charge in [-0.2, -0.15) is 5.26 Å². The van der Waals surface area contributed by atoms with Crippen LogP contribution in [0.3, 0.4) is 0 Å². The maximum Gasteiger partial charge on any atom is 0.132 e. The predicted octanol–water partition coefficient (Wildman–Crippen LogP) is 2.53. The van der Waals surface area contributed by atoms with E-state index in [0.717, 1.165) is 23.7 Å². The molecule has 4 bridgehead atoms. The van der Waals surface area contributed by atoms with E-state index in [9.17, 15) is 0 Å². The smallest absolute Gasteiger partial charge is 0.132 e. The summed E-state index contributed by atoms with van der Waals surface area (Å²) in [6.07, 6.45) is 7.18. The summed E-state index contributed by atoms with van der Waals surface area (Å²) in [5.41, 5.74) is 0. The van der Waals surface area contributed by atoms with E-state index in [0.29, 0.717) is 12.6 Å². The second kappa shape index (κ2) is 4.20. The summed E-state index contributed by atoms with van der Waals surface area (Å²) >= 11 is 5.85. The molecule has 4 fully saturated rings. The summed E-state index contributed by atoms with van der Waals surface area (Å²) in [7, 11) is 0. The zero-order chi connectivity index (χ0) is 11.1. The van der Waals surface area contributed by atoms with E-state index in [4.69, 9.17) is 16.9 Å². The van der Waals surface area contributed by atoms with Gasteiger partial charge in [-0.15, -0.1) is 11.6 Å². The normalized spacial score (nSPS) is 46.6. The van der Waals surface area contributed by atoms with Crippen molar-refractivity contribution in [3.8, 4) is 6.07 Å². The molecule has 3 heteroatoms. The molecule has 0 saturated heterocycles. The molecule has 1 atom stereocenters. The van der Waals surface area contributed by atoms with E-state index in [1.54, 1.807) is 0 Å². The zero-order valence-electron chi connectivity index (χ0n) is 9.53. The van der Waals surface area contributed by atoms with Crippen molar-refractivity contribution in [3.63, 3.8) is 0 Å². The van der Waals surface area contributed by atoms with Crippen molar-refractivity contribution in [2.75, 3.05) is 6.54 Å². The molecule has 0 aromatic rings. The average Bonchev–Trinajstić information content (AvgIpc) is 2.26. The number of nitriles is 1.